The van der Waals surface area contributed by atoms with E-state index in [1.165, 1.54) is 51.4 Å². The third-order valence-electron chi connectivity index (χ3n) is 5.40. The molecule has 0 amide bonds. The van der Waals surface area contributed by atoms with E-state index in [-0.39, 0.29) is 6.10 Å². The zero-order valence-corrected chi connectivity index (χ0v) is 16.9. The lowest BCUT2D eigenvalue weighted by molar-refractivity contribution is 0.0746. The molecular formula is C23H41NO. The van der Waals surface area contributed by atoms with Crippen LogP contribution in [0.25, 0.3) is 0 Å². The second-order valence-electron chi connectivity index (χ2n) is 7.36. The molecule has 0 heterocycles. The summed E-state index contributed by atoms with van der Waals surface area (Å²) in [4.78, 5) is 2.45. The summed E-state index contributed by atoms with van der Waals surface area (Å²) in [5.74, 6) is 0.336. The number of unbranched alkanes of at least 4 members (excludes halogenated alkanes) is 7. The highest BCUT2D eigenvalue weighted by Gasteiger charge is 2.22. The fourth-order valence-corrected chi connectivity index (χ4v) is 3.63. The van der Waals surface area contributed by atoms with Crippen molar-refractivity contribution >= 4 is 0 Å². The van der Waals surface area contributed by atoms with Gasteiger partial charge in [0.25, 0.3) is 0 Å². The summed E-state index contributed by atoms with van der Waals surface area (Å²) < 4.78 is 0. The van der Waals surface area contributed by atoms with Crippen LogP contribution in [0.2, 0.25) is 0 Å². The zero-order chi connectivity index (χ0) is 18.3. The van der Waals surface area contributed by atoms with Gasteiger partial charge in [0.05, 0.1) is 6.10 Å². The van der Waals surface area contributed by atoms with E-state index in [0.29, 0.717) is 5.92 Å². The van der Waals surface area contributed by atoms with E-state index in [2.05, 4.69) is 37.8 Å². The van der Waals surface area contributed by atoms with Crippen molar-refractivity contribution in [1.82, 2.24) is 4.90 Å². The average molecular weight is 348 g/mol. The Bertz CT molecular complexity index is 402. The Balaban J connectivity index is 2.43. The van der Waals surface area contributed by atoms with Crippen molar-refractivity contribution in [3.63, 3.8) is 0 Å². The molecule has 0 bridgehead atoms. The van der Waals surface area contributed by atoms with E-state index in [1.807, 2.05) is 18.2 Å². The van der Waals surface area contributed by atoms with Crippen LogP contribution in [0.3, 0.4) is 0 Å². The Morgan fingerprint density at radius 2 is 1.36 bits per heavy atom. The lowest BCUT2D eigenvalue weighted by Crippen LogP contribution is -2.32. The number of nitrogens with zero attached hydrogens (tertiary/aromatic N) is 1. The molecule has 144 valence electrons. The van der Waals surface area contributed by atoms with Crippen LogP contribution in [0.1, 0.15) is 90.2 Å². The molecule has 25 heavy (non-hydrogen) atoms. The molecule has 1 N–H and O–H groups in total. The molecule has 0 radical (unpaired) electrons. The molecule has 0 saturated heterocycles. The van der Waals surface area contributed by atoms with Crippen LogP contribution in [0, 0.1) is 5.92 Å². The molecule has 0 aromatic heterocycles. The van der Waals surface area contributed by atoms with E-state index in [1.54, 1.807) is 0 Å². The molecule has 2 atom stereocenters. The van der Waals surface area contributed by atoms with E-state index in [0.717, 1.165) is 31.6 Å². The summed E-state index contributed by atoms with van der Waals surface area (Å²) in [6.07, 6.45) is 11.6. The summed E-state index contributed by atoms with van der Waals surface area (Å²) in [5, 5.41) is 10.9. The van der Waals surface area contributed by atoms with Crippen molar-refractivity contribution in [3.05, 3.63) is 35.9 Å². The van der Waals surface area contributed by atoms with Crippen LogP contribution in [0.15, 0.2) is 30.3 Å². The fraction of sp³-hybridized carbons (Fsp3) is 0.739. The number of aliphatic hydroxyl groups is 1. The first-order chi connectivity index (χ1) is 12.2. The maximum Gasteiger partial charge on any atom is 0.0830 e. The van der Waals surface area contributed by atoms with Crippen LogP contribution < -0.4 is 0 Å². The van der Waals surface area contributed by atoms with Gasteiger partial charge in [-0.15, -0.1) is 0 Å². The Kier molecular flexibility index (Phi) is 12.7. The summed E-state index contributed by atoms with van der Waals surface area (Å²) in [7, 11) is 0. The van der Waals surface area contributed by atoms with Gasteiger partial charge in [0, 0.05) is 12.5 Å². The largest absolute Gasteiger partial charge is 0.388 e. The molecule has 0 aliphatic carbocycles. The van der Waals surface area contributed by atoms with E-state index < -0.39 is 0 Å². The molecule has 0 saturated carbocycles. The molecule has 2 heteroatoms. The smallest absolute Gasteiger partial charge is 0.0830 e. The third kappa shape index (κ3) is 9.42. The topological polar surface area (TPSA) is 23.5 Å². The highest BCUT2D eigenvalue weighted by atomic mass is 16.3. The Morgan fingerprint density at radius 3 is 1.92 bits per heavy atom. The van der Waals surface area contributed by atoms with Crippen LogP contribution in [-0.2, 0) is 0 Å². The maximum absolute atomic E-state index is 10.9. The van der Waals surface area contributed by atoms with E-state index in [4.69, 9.17) is 0 Å². The predicted molar refractivity (Wildman–Crippen MR) is 110 cm³/mol. The first-order valence-corrected chi connectivity index (χ1v) is 10.7. The molecule has 0 spiro atoms. The fourth-order valence-electron chi connectivity index (χ4n) is 3.63. The Hall–Kier alpha value is -0.860. The number of benzene rings is 1. The monoisotopic (exact) mass is 347 g/mol. The van der Waals surface area contributed by atoms with Crippen LogP contribution in [0.5, 0.6) is 0 Å². The SMILES string of the molecule is CCCCCCCCCC[C@H](CN(CC)CC)[C@H](O)c1ccccc1. The highest BCUT2D eigenvalue weighted by Crippen LogP contribution is 2.27. The molecule has 0 fully saturated rings. The minimum Gasteiger partial charge on any atom is -0.388 e. The summed E-state index contributed by atoms with van der Waals surface area (Å²) >= 11 is 0. The van der Waals surface area contributed by atoms with Gasteiger partial charge >= 0.3 is 0 Å². The van der Waals surface area contributed by atoms with E-state index >= 15 is 0 Å². The van der Waals surface area contributed by atoms with Crippen molar-refractivity contribution in [2.45, 2.75) is 84.7 Å². The number of rotatable bonds is 15. The van der Waals surface area contributed by atoms with Gasteiger partial charge in [0.2, 0.25) is 0 Å². The van der Waals surface area contributed by atoms with Crippen LogP contribution >= 0.6 is 0 Å². The third-order valence-corrected chi connectivity index (χ3v) is 5.40. The lowest BCUT2D eigenvalue weighted by Gasteiger charge is -2.29. The normalized spacial score (nSPS) is 14.0. The van der Waals surface area contributed by atoms with Crippen molar-refractivity contribution < 1.29 is 5.11 Å². The standard InChI is InChI=1S/C23H41NO/c1-4-7-8-9-10-11-12-14-19-22(20-24(5-2)6-3)23(25)21-17-15-13-16-18-21/h13,15-18,22-23,25H,4-12,14,19-20H2,1-3H3/t22-,23-/m1/s1. The van der Waals surface area contributed by atoms with Gasteiger partial charge in [0.15, 0.2) is 0 Å². The number of hydrogen-bond acceptors (Lipinski definition) is 2. The van der Waals surface area contributed by atoms with Gasteiger partial charge in [0.1, 0.15) is 0 Å². The summed E-state index contributed by atoms with van der Waals surface area (Å²) in [6.45, 7) is 9.82. The minimum atomic E-state index is -0.341. The number of hydrogen-bond donors (Lipinski definition) is 1. The van der Waals surface area contributed by atoms with Crippen molar-refractivity contribution in [2.24, 2.45) is 5.92 Å². The van der Waals surface area contributed by atoms with Gasteiger partial charge in [-0.05, 0) is 25.1 Å². The quantitative estimate of drug-likeness (QED) is 0.381. The summed E-state index contributed by atoms with van der Waals surface area (Å²) in [5.41, 5.74) is 1.07. The molecule has 1 rings (SSSR count). The molecule has 1 aromatic rings. The summed E-state index contributed by atoms with van der Waals surface area (Å²) in [6, 6.07) is 10.2. The molecule has 2 nitrogen and oxygen atoms in total. The zero-order valence-electron chi connectivity index (χ0n) is 16.9. The first-order valence-electron chi connectivity index (χ1n) is 10.7. The molecule has 0 unspecified atom stereocenters. The van der Waals surface area contributed by atoms with Crippen molar-refractivity contribution in [2.75, 3.05) is 19.6 Å². The van der Waals surface area contributed by atoms with Gasteiger partial charge < -0.3 is 10.0 Å². The second kappa shape index (κ2) is 14.3. The maximum atomic E-state index is 10.9. The van der Waals surface area contributed by atoms with Gasteiger partial charge in [-0.2, -0.15) is 0 Å². The van der Waals surface area contributed by atoms with Crippen molar-refractivity contribution in [3.8, 4) is 0 Å². The Labute approximate surface area is 156 Å². The van der Waals surface area contributed by atoms with Gasteiger partial charge in [-0.1, -0.05) is 102 Å². The van der Waals surface area contributed by atoms with Gasteiger partial charge in [-0.25, -0.2) is 0 Å². The number of aliphatic hydroxyl groups excluding tert-OH is 1. The van der Waals surface area contributed by atoms with Crippen LogP contribution in [0.4, 0.5) is 0 Å². The molecule has 1 aromatic carbocycles. The highest BCUT2D eigenvalue weighted by molar-refractivity contribution is 5.18. The van der Waals surface area contributed by atoms with Gasteiger partial charge in [-0.3, -0.25) is 0 Å². The second-order valence-corrected chi connectivity index (χ2v) is 7.36. The average Bonchev–Trinajstić information content (AvgIpc) is 2.66. The van der Waals surface area contributed by atoms with E-state index in [9.17, 15) is 5.11 Å². The lowest BCUT2D eigenvalue weighted by atomic mass is 9.90. The molecule has 0 aliphatic rings. The predicted octanol–water partition coefficient (Wildman–Crippen LogP) is 6.21. The first kappa shape index (κ1) is 22.2. The Morgan fingerprint density at radius 1 is 0.800 bits per heavy atom. The molecular weight excluding hydrogens is 306 g/mol. The molecule has 0 aliphatic heterocycles. The van der Waals surface area contributed by atoms with Crippen molar-refractivity contribution in [1.29, 1.82) is 0 Å². The minimum absolute atomic E-state index is 0.336. The van der Waals surface area contributed by atoms with Crippen LogP contribution in [-0.4, -0.2) is 29.6 Å².